The third kappa shape index (κ3) is 5.76. The van der Waals surface area contributed by atoms with Gasteiger partial charge in [0.15, 0.2) is 4.80 Å². The number of fused-ring (bicyclic) bond motifs is 1. The van der Waals surface area contributed by atoms with Crippen molar-refractivity contribution in [2.75, 3.05) is 6.61 Å². The molecule has 2 aromatic heterocycles. The second-order valence-corrected chi connectivity index (χ2v) is 12.4. The predicted octanol–water partition coefficient (Wildman–Crippen LogP) is 6.12. The molecule has 0 N–H and O–H groups in total. The van der Waals surface area contributed by atoms with Crippen molar-refractivity contribution in [2.24, 2.45) is 4.99 Å². The van der Waals surface area contributed by atoms with Crippen LogP contribution in [0.1, 0.15) is 81.6 Å². The van der Waals surface area contributed by atoms with Gasteiger partial charge in [0.2, 0.25) is 0 Å². The van der Waals surface area contributed by atoms with E-state index in [-0.39, 0.29) is 18.3 Å². The molecule has 1 aliphatic heterocycles. The second kappa shape index (κ2) is 12.2. The zero-order valence-electron chi connectivity index (χ0n) is 26.1. The number of aryl methyl sites for hydroxylation is 1. The summed E-state index contributed by atoms with van der Waals surface area (Å²) in [6, 6.07) is 17.5. The number of para-hydroxylation sites is 1. The molecule has 0 saturated carbocycles. The summed E-state index contributed by atoms with van der Waals surface area (Å²) in [6.07, 6.45) is 1.84. The van der Waals surface area contributed by atoms with E-state index in [1.54, 1.807) is 18.4 Å². The van der Waals surface area contributed by atoms with Crippen molar-refractivity contribution in [1.82, 2.24) is 9.13 Å². The molecule has 1 atom stereocenters. The van der Waals surface area contributed by atoms with Crippen LogP contribution in [0.3, 0.4) is 0 Å². The zero-order valence-corrected chi connectivity index (χ0v) is 26.9. The molecular weight excluding hydrogens is 558 g/mol. The van der Waals surface area contributed by atoms with Gasteiger partial charge in [-0.2, -0.15) is 0 Å². The summed E-state index contributed by atoms with van der Waals surface area (Å²) in [4.78, 5) is 32.8. The number of allylic oxidation sites excluding steroid dienone is 1. The molecule has 1 aliphatic rings. The molecule has 8 heteroatoms. The number of aromatic nitrogens is 2. The first-order valence-electron chi connectivity index (χ1n) is 14.8. The first-order valence-corrected chi connectivity index (χ1v) is 15.6. The fraction of sp³-hybridized carbons (Fsp3) is 0.343. The maximum absolute atomic E-state index is 14.2. The van der Waals surface area contributed by atoms with Crippen LogP contribution in [0.2, 0.25) is 0 Å². The Morgan fingerprint density at radius 1 is 1.05 bits per heavy atom. The van der Waals surface area contributed by atoms with Crippen LogP contribution in [-0.2, 0) is 9.53 Å². The van der Waals surface area contributed by atoms with E-state index in [2.05, 4.69) is 62.6 Å². The Morgan fingerprint density at radius 2 is 1.74 bits per heavy atom. The Balaban J connectivity index is 1.68. The summed E-state index contributed by atoms with van der Waals surface area (Å²) in [6.45, 7) is 16.2. The Kier molecular flexibility index (Phi) is 8.60. The SMILES string of the molecule is CCOC(=O)C1=C(C)N=c2s/c(=C/c3cc(C)n(-c4ccc(C(C)C)cc4)c3C)c(=O)n2[C@H]1c1ccccc1OC(C)C. The highest BCUT2D eigenvalue weighted by Gasteiger charge is 2.35. The fourth-order valence-electron chi connectivity index (χ4n) is 5.63. The number of thiazole rings is 1. The number of benzene rings is 2. The Bertz CT molecular complexity index is 1890. The summed E-state index contributed by atoms with van der Waals surface area (Å²) in [5, 5.41) is 0. The molecule has 2 aromatic carbocycles. The number of carbonyl (C=O) groups excluding carboxylic acids is 1. The number of ether oxygens (including phenoxy) is 2. The summed E-state index contributed by atoms with van der Waals surface area (Å²) < 4.78 is 16.0. The lowest BCUT2D eigenvalue weighted by molar-refractivity contribution is -0.139. The average Bonchev–Trinajstić information content (AvgIpc) is 3.41. The normalized spacial score (nSPS) is 15.2. The van der Waals surface area contributed by atoms with E-state index in [1.165, 1.54) is 16.9 Å². The number of hydrogen-bond acceptors (Lipinski definition) is 6. The van der Waals surface area contributed by atoms with Crippen LogP contribution in [0.5, 0.6) is 5.75 Å². The first-order chi connectivity index (χ1) is 20.5. The molecule has 7 nitrogen and oxygen atoms in total. The predicted molar refractivity (Wildman–Crippen MR) is 172 cm³/mol. The lowest BCUT2D eigenvalue weighted by Crippen LogP contribution is -2.40. The lowest BCUT2D eigenvalue weighted by Gasteiger charge is -2.26. The molecule has 0 bridgehead atoms. The van der Waals surface area contributed by atoms with Gasteiger partial charge < -0.3 is 14.0 Å². The minimum Gasteiger partial charge on any atom is -0.491 e. The van der Waals surface area contributed by atoms with E-state index in [0.29, 0.717) is 37.8 Å². The van der Waals surface area contributed by atoms with Gasteiger partial charge >= 0.3 is 5.97 Å². The Labute approximate surface area is 256 Å². The van der Waals surface area contributed by atoms with Gasteiger partial charge in [0, 0.05) is 22.6 Å². The summed E-state index contributed by atoms with van der Waals surface area (Å²) >= 11 is 1.32. The van der Waals surface area contributed by atoms with E-state index in [0.717, 1.165) is 22.6 Å². The van der Waals surface area contributed by atoms with Crippen LogP contribution >= 0.6 is 11.3 Å². The molecule has 4 aromatic rings. The number of rotatable bonds is 8. The van der Waals surface area contributed by atoms with Gasteiger partial charge in [-0.15, -0.1) is 0 Å². The fourth-order valence-corrected chi connectivity index (χ4v) is 6.67. The van der Waals surface area contributed by atoms with Gasteiger partial charge in [0.1, 0.15) is 11.8 Å². The third-order valence-corrected chi connectivity index (χ3v) is 8.65. The van der Waals surface area contributed by atoms with Crippen molar-refractivity contribution >= 4 is 23.4 Å². The largest absolute Gasteiger partial charge is 0.491 e. The minimum absolute atomic E-state index is 0.0927. The summed E-state index contributed by atoms with van der Waals surface area (Å²) in [7, 11) is 0. The van der Waals surface area contributed by atoms with Gasteiger partial charge in [-0.05, 0) is 88.9 Å². The van der Waals surface area contributed by atoms with E-state index in [4.69, 9.17) is 14.5 Å². The third-order valence-electron chi connectivity index (χ3n) is 7.67. The number of esters is 1. The molecule has 43 heavy (non-hydrogen) atoms. The van der Waals surface area contributed by atoms with Gasteiger partial charge in [-0.1, -0.05) is 55.5 Å². The maximum Gasteiger partial charge on any atom is 0.338 e. The van der Waals surface area contributed by atoms with Crippen LogP contribution in [0.15, 0.2) is 75.7 Å². The zero-order chi connectivity index (χ0) is 31.0. The van der Waals surface area contributed by atoms with Gasteiger partial charge in [-0.3, -0.25) is 9.36 Å². The van der Waals surface area contributed by atoms with Crippen molar-refractivity contribution < 1.29 is 14.3 Å². The second-order valence-electron chi connectivity index (χ2n) is 11.4. The highest BCUT2D eigenvalue weighted by molar-refractivity contribution is 7.07. The quantitative estimate of drug-likeness (QED) is 0.230. The summed E-state index contributed by atoms with van der Waals surface area (Å²) in [5.74, 6) is 0.582. The number of nitrogens with zero attached hydrogens (tertiary/aromatic N) is 3. The van der Waals surface area contributed by atoms with E-state index >= 15 is 0 Å². The lowest BCUT2D eigenvalue weighted by atomic mass is 9.95. The van der Waals surface area contributed by atoms with E-state index in [1.807, 2.05) is 44.2 Å². The molecule has 0 saturated heterocycles. The molecule has 0 fully saturated rings. The Hall–Kier alpha value is -4.17. The van der Waals surface area contributed by atoms with Crippen LogP contribution in [-0.4, -0.2) is 27.8 Å². The van der Waals surface area contributed by atoms with Crippen molar-refractivity contribution in [3.8, 4) is 11.4 Å². The molecule has 0 unspecified atom stereocenters. The van der Waals surface area contributed by atoms with E-state index in [9.17, 15) is 9.59 Å². The minimum atomic E-state index is -0.737. The summed E-state index contributed by atoms with van der Waals surface area (Å²) in [5.41, 5.74) is 6.80. The van der Waals surface area contributed by atoms with Crippen molar-refractivity contribution in [1.29, 1.82) is 0 Å². The van der Waals surface area contributed by atoms with Crippen molar-refractivity contribution in [2.45, 2.75) is 73.5 Å². The van der Waals surface area contributed by atoms with Gasteiger partial charge in [0.25, 0.3) is 5.56 Å². The van der Waals surface area contributed by atoms with Crippen molar-refractivity contribution in [3.63, 3.8) is 0 Å². The van der Waals surface area contributed by atoms with Gasteiger partial charge in [-0.25, -0.2) is 9.79 Å². The van der Waals surface area contributed by atoms with Gasteiger partial charge in [0.05, 0.1) is 28.5 Å². The maximum atomic E-state index is 14.2. The van der Waals surface area contributed by atoms with Crippen LogP contribution in [0.25, 0.3) is 11.8 Å². The standard InChI is InChI=1S/C35H39N3O4S/c1-9-41-34(40)31-23(7)36-35-38(32(31)28-12-10-11-13-29(28)42-21(4)5)33(39)30(43-35)19-26-18-22(6)37(24(26)8)27-16-14-25(15-17-27)20(2)3/h10-21,32H,9H2,1-8H3/b30-19+/t32-/m0/s1. The molecule has 0 radical (unpaired) electrons. The van der Waals surface area contributed by atoms with Crippen LogP contribution in [0, 0.1) is 13.8 Å². The number of hydrogen-bond donors (Lipinski definition) is 0. The number of carbonyl (C=O) groups is 1. The monoisotopic (exact) mass is 597 g/mol. The van der Waals surface area contributed by atoms with E-state index < -0.39 is 12.0 Å². The Morgan fingerprint density at radius 3 is 2.40 bits per heavy atom. The molecular formula is C35H39N3O4S. The smallest absolute Gasteiger partial charge is 0.338 e. The molecule has 0 aliphatic carbocycles. The molecule has 5 rings (SSSR count). The highest BCUT2D eigenvalue weighted by Crippen LogP contribution is 2.36. The topological polar surface area (TPSA) is 74.8 Å². The highest BCUT2D eigenvalue weighted by atomic mass is 32.1. The van der Waals surface area contributed by atoms with Crippen LogP contribution in [0.4, 0.5) is 0 Å². The average molecular weight is 598 g/mol. The first kappa shape index (κ1) is 30.3. The molecule has 224 valence electrons. The van der Waals surface area contributed by atoms with Crippen molar-refractivity contribution in [3.05, 3.63) is 114 Å². The molecule has 3 heterocycles. The molecule has 0 amide bonds. The van der Waals surface area contributed by atoms with Crippen LogP contribution < -0.4 is 19.6 Å². The molecule has 0 spiro atoms.